The van der Waals surface area contributed by atoms with Crippen LogP contribution in [0.15, 0.2) is 6.07 Å². The minimum Gasteiger partial charge on any atom is -0.461 e. The highest BCUT2D eigenvalue weighted by atomic mass is 35.5. The smallest absolute Gasteiger partial charge is 0.356 e. The van der Waals surface area contributed by atoms with Crippen molar-refractivity contribution in [2.24, 2.45) is 0 Å². The Labute approximate surface area is 88.1 Å². The average molecular weight is 214 g/mol. The molecule has 0 N–H and O–H groups in total. The number of aryl methyl sites for hydroxylation is 1. The summed E-state index contributed by atoms with van der Waals surface area (Å²) in [5, 5.41) is 0.542. The van der Waals surface area contributed by atoms with Gasteiger partial charge in [-0.25, -0.2) is 9.78 Å². The lowest BCUT2D eigenvalue weighted by molar-refractivity contribution is 0.0519. The lowest BCUT2D eigenvalue weighted by Gasteiger charge is -2.05. The minimum atomic E-state index is -0.433. The fourth-order valence-electron chi connectivity index (χ4n) is 1.01. The van der Waals surface area contributed by atoms with Gasteiger partial charge in [-0.1, -0.05) is 11.6 Å². The van der Waals surface area contributed by atoms with E-state index in [1.807, 2.05) is 13.8 Å². The highest BCUT2D eigenvalue weighted by molar-refractivity contribution is 6.31. The quantitative estimate of drug-likeness (QED) is 0.709. The molecule has 0 radical (unpaired) electrons. The van der Waals surface area contributed by atoms with Crippen LogP contribution in [0.4, 0.5) is 0 Å². The lowest BCUT2D eigenvalue weighted by Crippen LogP contribution is -2.08. The van der Waals surface area contributed by atoms with Gasteiger partial charge < -0.3 is 4.74 Å². The molecule has 4 heteroatoms. The van der Waals surface area contributed by atoms with Crippen LogP contribution in [0.1, 0.15) is 28.7 Å². The molecule has 0 aliphatic rings. The number of carbonyl (C=O) groups excluding carboxylic acids is 1. The number of aromatic nitrogens is 1. The second-order valence-corrected chi connectivity index (χ2v) is 3.33. The highest BCUT2D eigenvalue weighted by Gasteiger charge is 2.11. The normalized spacial score (nSPS) is 10.0. The Morgan fingerprint density at radius 3 is 2.71 bits per heavy atom. The summed E-state index contributed by atoms with van der Waals surface area (Å²) in [6, 6.07) is 1.53. The number of esters is 1. The van der Waals surface area contributed by atoms with Gasteiger partial charge in [-0.05, 0) is 32.4 Å². The standard InChI is InChI=1S/C10H12ClNO2/c1-4-14-10(13)9-5-8(11)6(2)7(3)12-9/h5H,4H2,1-3H3. The molecule has 0 fully saturated rings. The first kappa shape index (κ1) is 11.0. The summed E-state index contributed by atoms with van der Waals surface area (Å²) in [5.41, 5.74) is 1.90. The van der Waals surface area contributed by atoms with Crippen LogP contribution in [0.25, 0.3) is 0 Å². The van der Waals surface area contributed by atoms with Crippen molar-refractivity contribution in [2.45, 2.75) is 20.8 Å². The lowest BCUT2D eigenvalue weighted by atomic mass is 10.2. The van der Waals surface area contributed by atoms with E-state index >= 15 is 0 Å². The Kier molecular flexibility index (Phi) is 3.47. The Morgan fingerprint density at radius 1 is 1.57 bits per heavy atom. The third-order valence-electron chi connectivity index (χ3n) is 1.94. The van der Waals surface area contributed by atoms with Gasteiger partial charge in [0.1, 0.15) is 5.69 Å². The molecule has 0 aliphatic carbocycles. The summed E-state index contributed by atoms with van der Waals surface area (Å²) in [5.74, 6) is -0.433. The molecule has 14 heavy (non-hydrogen) atoms. The van der Waals surface area contributed by atoms with Crippen molar-refractivity contribution >= 4 is 17.6 Å². The zero-order valence-electron chi connectivity index (χ0n) is 8.43. The summed E-state index contributed by atoms with van der Waals surface area (Å²) in [6.07, 6.45) is 0. The molecule has 1 rings (SSSR count). The van der Waals surface area contributed by atoms with Gasteiger partial charge in [-0.15, -0.1) is 0 Å². The zero-order valence-corrected chi connectivity index (χ0v) is 9.18. The van der Waals surface area contributed by atoms with Gasteiger partial charge in [0.2, 0.25) is 0 Å². The van der Waals surface area contributed by atoms with Crippen molar-refractivity contribution in [1.29, 1.82) is 0 Å². The number of carbonyl (C=O) groups is 1. The molecule has 0 saturated carbocycles. The van der Waals surface area contributed by atoms with E-state index in [0.29, 0.717) is 11.6 Å². The van der Waals surface area contributed by atoms with Gasteiger partial charge in [0.05, 0.1) is 6.61 Å². The predicted octanol–water partition coefficient (Wildman–Crippen LogP) is 2.53. The van der Waals surface area contributed by atoms with Crippen molar-refractivity contribution in [3.63, 3.8) is 0 Å². The fraction of sp³-hybridized carbons (Fsp3) is 0.400. The molecule has 1 aromatic heterocycles. The van der Waals surface area contributed by atoms with E-state index in [2.05, 4.69) is 4.98 Å². The Morgan fingerprint density at radius 2 is 2.21 bits per heavy atom. The number of pyridine rings is 1. The van der Waals surface area contributed by atoms with Crippen molar-refractivity contribution in [1.82, 2.24) is 4.98 Å². The summed E-state index contributed by atoms with van der Waals surface area (Å²) >= 11 is 5.92. The molecular formula is C10H12ClNO2. The first-order valence-corrected chi connectivity index (χ1v) is 4.75. The van der Waals surface area contributed by atoms with Crippen LogP contribution in [-0.2, 0) is 4.74 Å². The molecule has 3 nitrogen and oxygen atoms in total. The highest BCUT2D eigenvalue weighted by Crippen LogP contribution is 2.18. The van der Waals surface area contributed by atoms with Crippen LogP contribution in [0.3, 0.4) is 0 Å². The van der Waals surface area contributed by atoms with Gasteiger partial charge in [0.15, 0.2) is 0 Å². The number of rotatable bonds is 2. The Balaban J connectivity index is 3.06. The molecule has 0 amide bonds. The first-order valence-electron chi connectivity index (χ1n) is 4.37. The number of hydrogen-bond donors (Lipinski definition) is 0. The second-order valence-electron chi connectivity index (χ2n) is 2.92. The summed E-state index contributed by atoms with van der Waals surface area (Å²) in [6.45, 7) is 5.76. The van der Waals surface area contributed by atoms with Crippen LogP contribution in [-0.4, -0.2) is 17.6 Å². The maximum atomic E-state index is 11.3. The fourth-order valence-corrected chi connectivity index (χ4v) is 1.25. The Hall–Kier alpha value is -1.09. The largest absolute Gasteiger partial charge is 0.461 e. The van der Waals surface area contributed by atoms with E-state index in [1.54, 1.807) is 6.92 Å². The molecule has 0 aromatic carbocycles. The SMILES string of the molecule is CCOC(=O)c1cc(Cl)c(C)c(C)n1. The minimum absolute atomic E-state index is 0.264. The van der Waals surface area contributed by atoms with Gasteiger partial charge >= 0.3 is 5.97 Å². The van der Waals surface area contributed by atoms with E-state index in [9.17, 15) is 4.79 Å². The van der Waals surface area contributed by atoms with Crippen molar-refractivity contribution in [2.75, 3.05) is 6.61 Å². The second kappa shape index (κ2) is 4.42. The molecule has 0 atom stereocenters. The van der Waals surface area contributed by atoms with Crippen LogP contribution in [0.5, 0.6) is 0 Å². The van der Waals surface area contributed by atoms with Gasteiger partial charge in [-0.2, -0.15) is 0 Å². The molecule has 0 saturated heterocycles. The van der Waals surface area contributed by atoms with E-state index in [1.165, 1.54) is 6.07 Å². The van der Waals surface area contributed by atoms with Gasteiger partial charge in [-0.3, -0.25) is 0 Å². The molecule has 0 spiro atoms. The first-order chi connectivity index (χ1) is 6.56. The zero-order chi connectivity index (χ0) is 10.7. The molecule has 1 aromatic rings. The third-order valence-corrected chi connectivity index (χ3v) is 2.33. The van der Waals surface area contributed by atoms with Crippen LogP contribution in [0.2, 0.25) is 5.02 Å². The van der Waals surface area contributed by atoms with Gasteiger partial charge in [0, 0.05) is 10.7 Å². The van der Waals surface area contributed by atoms with E-state index in [0.717, 1.165) is 11.3 Å². The number of hydrogen-bond acceptors (Lipinski definition) is 3. The summed E-state index contributed by atoms with van der Waals surface area (Å²) in [7, 11) is 0. The van der Waals surface area contributed by atoms with E-state index < -0.39 is 5.97 Å². The maximum absolute atomic E-state index is 11.3. The van der Waals surface area contributed by atoms with E-state index in [-0.39, 0.29) is 5.69 Å². The molecule has 0 unspecified atom stereocenters. The van der Waals surface area contributed by atoms with Crippen molar-refractivity contribution in [3.8, 4) is 0 Å². The maximum Gasteiger partial charge on any atom is 0.356 e. The third kappa shape index (κ3) is 2.23. The molecular weight excluding hydrogens is 202 g/mol. The Bertz CT molecular complexity index is 340. The molecule has 0 bridgehead atoms. The molecule has 0 aliphatic heterocycles. The number of halogens is 1. The number of nitrogens with zero attached hydrogens (tertiary/aromatic N) is 1. The van der Waals surface area contributed by atoms with Crippen molar-refractivity contribution in [3.05, 3.63) is 28.0 Å². The van der Waals surface area contributed by atoms with Crippen LogP contribution < -0.4 is 0 Å². The van der Waals surface area contributed by atoms with Crippen LogP contribution in [0, 0.1) is 13.8 Å². The molecule has 76 valence electrons. The molecule has 1 heterocycles. The average Bonchev–Trinajstić information content (AvgIpc) is 2.13. The van der Waals surface area contributed by atoms with Crippen LogP contribution >= 0.6 is 11.6 Å². The monoisotopic (exact) mass is 213 g/mol. The number of ether oxygens (including phenoxy) is 1. The van der Waals surface area contributed by atoms with Gasteiger partial charge in [0.25, 0.3) is 0 Å². The topological polar surface area (TPSA) is 39.2 Å². The predicted molar refractivity (Wildman–Crippen MR) is 54.7 cm³/mol. The van der Waals surface area contributed by atoms with E-state index in [4.69, 9.17) is 16.3 Å². The summed E-state index contributed by atoms with van der Waals surface area (Å²) in [4.78, 5) is 15.4. The van der Waals surface area contributed by atoms with Crippen molar-refractivity contribution < 1.29 is 9.53 Å². The summed E-state index contributed by atoms with van der Waals surface area (Å²) < 4.78 is 4.82.